The first-order valence-corrected chi connectivity index (χ1v) is 9.62. The van der Waals surface area contributed by atoms with E-state index >= 15 is 0 Å². The summed E-state index contributed by atoms with van der Waals surface area (Å²) in [5, 5.41) is 2.67. The third kappa shape index (κ3) is 5.35. The van der Waals surface area contributed by atoms with Crippen molar-refractivity contribution in [1.82, 2.24) is 14.6 Å². The number of sulfonamides is 1. The van der Waals surface area contributed by atoms with E-state index in [1.165, 1.54) is 23.5 Å². The number of hydrogen-bond donors (Lipinski definition) is 1. The second-order valence-corrected chi connectivity index (χ2v) is 7.72. The Morgan fingerprint density at radius 2 is 2.04 bits per heavy atom. The Morgan fingerprint density at radius 1 is 1.23 bits per heavy atom. The number of carbonyl (C=O) groups excluding carboxylic acids is 1. The lowest BCUT2D eigenvalue weighted by Gasteiger charge is -2.17. The van der Waals surface area contributed by atoms with Gasteiger partial charge < -0.3 is 10.1 Å². The number of amides is 1. The molecule has 1 N–H and O–H groups in total. The minimum absolute atomic E-state index is 0.0837. The van der Waals surface area contributed by atoms with Gasteiger partial charge in [-0.25, -0.2) is 12.7 Å². The lowest BCUT2D eigenvalue weighted by atomic mass is 10.2. The molecule has 2 rings (SSSR count). The number of nitrogens with one attached hydrogen (secondary N) is 1. The van der Waals surface area contributed by atoms with E-state index in [1.807, 2.05) is 18.2 Å². The van der Waals surface area contributed by atoms with E-state index in [2.05, 4.69) is 10.3 Å². The molecule has 8 heteroatoms. The summed E-state index contributed by atoms with van der Waals surface area (Å²) >= 11 is 0. The fourth-order valence-corrected chi connectivity index (χ4v) is 3.50. The highest BCUT2D eigenvalue weighted by molar-refractivity contribution is 7.89. The van der Waals surface area contributed by atoms with Crippen LogP contribution >= 0.6 is 0 Å². The first kappa shape index (κ1) is 20.0. The number of carbonyl (C=O) groups is 1. The van der Waals surface area contributed by atoms with Gasteiger partial charge in [-0.3, -0.25) is 9.78 Å². The lowest BCUT2D eigenvalue weighted by molar-refractivity contribution is 0.0937. The van der Waals surface area contributed by atoms with Gasteiger partial charge in [-0.2, -0.15) is 0 Å². The predicted octanol–water partition coefficient (Wildman–Crippen LogP) is 1.32. The summed E-state index contributed by atoms with van der Waals surface area (Å²) in [6.45, 7) is 1.04. The number of nitrogens with zero attached hydrogens (tertiary/aromatic N) is 2. The van der Waals surface area contributed by atoms with Crippen LogP contribution in [0.3, 0.4) is 0 Å². The molecule has 1 aromatic heterocycles. The topological polar surface area (TPSA) is 88.6 Å². The summed E-state index contributed by atoms with van der Waals surface area (Å²) in [6.07, 6.45) is 2.18. The molecule has 1 heterocycles. The summed E-state index contributed by atoms with van der Waals surface area (Å²) in [5.74, 6) is -0.338. The molecule has 0 bridgehead atoms. The van der Waals surface area contributed by atoms with Crippen LogP contribution in [0.5, 0.6) is 0 Å². The Balaban J connectivity index is 2.07. The summed E-state index contributed by atoms with van der Waals surface area (Å²) < 4.78 is 31.6. The predicted molar refractivity (Wildman–Crippen MR) is 98.4 cm³/mol. The zero-order valence-corrected chi connectivity index (χ0v) is 15.7. The molecule has 7 nitrogen and oxygen atoms in total. The fourth-order valence-electron chi connectivity index (χ4n) is 2.28. The number of aromatic nitrogens is 1. The van der Waals surface area contributed by atoms with Gasteiger partial charge in [0.2, 0.25) is 10.0 Å². The van der Waals surface area contributed by atoms with Crippen molar-refractivity contribution < 1.29 is 17.9 Å². The maximum atomic E-state index is 12.7. The van der Waals surface area contributed by atoms with Gasteiger partial charge in [0.1, 0.15) is 0 Å². The summed E-state index contributed by atoms with van der Waals surface area (Å²) in [4.78, 5) is 16.4. The molecular weight excluding hydrogens is 354 g/mol. The van der Waals surface area contributed by atoms with Crippen molar-refractivity contribution in [1.29, 1.82) is 0 Å². The molecule has 2 aromatic rings. The van der Waals surface area contributed by atoms with E-state index in [1.54, 1.807) is 25.4 Å². The number of likely N-dealkylation sites (N-methyl/N-ethyl adjacent to an activating group) is 1. The molecule has 0 atom stereocenters. The van der Waals surface area contributed by atoms with E-state index in [0.29, 0.717) is 31.7 Å². The van der Waals surface area contributed by atoms with E-state index in [9.17, 15) is 13.2 Å². The van der Waals surface area contributed by atoms with Crippen molar-refractivity contribution in [2.24, 2.45) is 0 Å². The molecule has 0 fully saturated rings. The van der Waals surface area contributed by atoms with Crippen molar-refractivity contribution in [3.05, 3.63) is 59.9 Å². The number of pyridine rings is 1. The molecular formula is C18H23N3O4S. The molecule has 26 heavy (non-hydrogen) atoms. The standard InChI is InChI=1S/C18H23N3O4S/c1-21(12-9-16-7-3-4-10-19-16)26(23,24)17-8-5-6-15(14-17)18(22)20-11-13-25-2/h3-8,10,14H,9,11-13H2,1-2H3,(H,20,22). The molecule has 0 aliphatic heterocycles. The molecule has 1 aromatic carbocycles. The SMILES string of the molecule is COCCNC(=O)c1cccc(S(=O)(=O)N(C)CCc2ccccn2)c1. The average Bonchev–Trinajstić information content (AvgIpc) is 2.67. The molecule has 0 spiro atoms. The Kier molecular flexibility index (Phi) is 7.26. The Morgan fingerprint density at radius 3 is 2.73 bits per heavy atom. The van der Waals surface area contributed by atoms with Crippen LogP contribution in [-0.4, -0.2) is 57.5 Å². The molecule has 0 aliphatic rings. The summed E-state index contributed by atoms with van der Waals surface area (Å²) in [7, 11) is -0.630. The van der Waals surface area contributed by atoms with Crippen LogP contribution in [0, 0.1) is 0 Å². The normalized spacial score (nSPS) is 11.5. The lowest BCUT2D eigenvalue weighted by Crippen LogP contribution is -2.30. The smallest absolute Gasteiger partial charge is 0.251 e. The first-order valence-electron chi connectivity index (χ1n) is 8.18. The molecule has 0 saturated heterocycles. The van der Waals surface area contributed by atoms with Gasteiger partial charge in [0, 0.05) is 51.1 Å². The maximum Gasteiger partial charge on any atom is 0.251 e. The van der Waals surface area contributed by atoms with Crippen molar-refractivity contribution >= 4 is 15.9 Å². The van der Waals surface area contributed by atoms with Gasteiger partial charge in [0.15, 0.2) is 0 Å². The average molecular weight is 377 g/mol. The van der Waals surface area contributed by atoms with Crippen LogP contribution in [0.25, 0.3) is 0 Å². The quantitative estimate of drug-likeness (QED) is 0.666. The number of rotatable bonds is 9. The Labute approximate surface area is 154 Å². The maximum absolute atomic E-state index is 12.7. The van der Waals surface area contributed by atoms with Gasteiger partial charge in [0.25, 0.3) is 5.91 Å². The second kappa shape index (κ2) is 9.42. The zero-order chi connectivity index (χ0) is 19.0. The van der Waals surface area contributed by atoms with Crippen LogP contribution in [0.1, 0.15) is 16.1 Å². The minimum atomic E-state index is -3.69. The van der Waals surface area contributed by atoms with E-state index < -0.39 is 10.0 Å². The van der Waals surface area contributed by atoms with Gasteiger partial charge in [-0.1, -0.05) is 12.1 Å². The number of ether oxygens (including phenoxy) is 1. The molecule has 140 valence electrons. The van der Waals surface area contributed by atoms with Crippen LogP contribution < -0.4 is 5.32 Å². The van der Waals surface area contributed by atoms with Crippen molar-refractivity contribution in [2.75, 3.05) is 33.9 Å². The van der Waals surface area contributed by atoms with Crippen molar-refractivity contribution in [3.8, 4) is 0 Å². The second-order valence-electron chi connectivity index (χ2n) is 5.67. The van der Waals surface area contributed by atoms with E-state index in [0.717, 1.165) is 5.69 Å². The Hall–Kier alpha value is -2.29. The van der Waals surface area contributed by atoms with Gasteiger partial charge in [0.05, 0.1) is 11.5 Å². The highest BCUT2D eigenvalue weighted by Gasteiger charge is 2.21. The molecule has 1 amide bonds. The highest BCUT2D eigenvalue weighted by atomic mass is 32.2. The largest absolute Gasteiger partial charge is 0.383 e. The first-order chi connectivity index (χ1) is 12.4. The third-order valence-electron chi connectivity index (χ3n) is 3.81. The van der Waals surface area contributed by atoms with Crippen LogP contribution in [0.4, 0.5) is 0 Å². The van der Waals surface area contributed by atoms with Crippen LogP contribution in [-0.2, 0) is 21.2 Å². The zero-order valence-electron chi connectivity index (χ0n) is 14.9. The molecule has 0 saturated carbocycles. The molecule has 0 unspecified atom stereocenters. The molecule has 0 aliphatic carbocycles. The van der Waals surface area contributed by atoms with Gasteiger partial charge in [-0.05, 0) is 30.3 Å². The highest BCUT2D eigenvalue weighted by Crippen LogP contribution is 2.16. The minimum Gasteiger partial charge on any atom is -0.383 e. The molecule has 0 radical (unpaired) electrons. The Bertz CT molecular complexity index is 825. The van der Waals surface area contributed by atoms with Gasteiger partial charge in [-0.15, -0.1) is 0 Å². The summed E-state index contributed by atoms with van der Waals surface area (Å²) in [5.41, 5.74) is 1.11. The summed E-state index contributed by atoms with van der Waals surface area (Å²) in [6, 6.07) is 11.5. The van der Waals surface area contributed by atoms with Crippen LogP contribution in [0.2, 0.25) is 0 Å². The van der Waals surface area contributed by atoms with Gasteiger partial charge >= 0.3 is 0 Å². The van der Waals surface area contributed by atoms with Crippen LogP contribution in [0.15, 0.2) is 53.6 Å². The number of methoxy groups -OCH3 is 1. The van der Waals surface area contributed by atoms with Crippen molar-refractivity contribution in [3.63, 3.8) is 0 Å². The number of hydrogen-bond acceptors (Lipinski definition) is 5. The van der Waals surface area contributed by atoms with E-state index in [4.69, 9.17) is 4.74 Å². The monoisotopic (exact) mass is 377 g/mol. The van der Waals surface area contributed by atoms with Crippen molar-refractivity contribution in [2.45, 2.75) is 11.3 Å². The van der Waals surface area contributed by atoms with E-state index in [-0.39, 0.29) is 10.8 Å². The fraction of sp³-hybridized carbons (Fsp3) is 0.333. The third-order valence-corrected chi connectivity index (χ3v) is 5.66. The number of benzene rings is 1.